The Morgan fingerprint density at radius 3 is 2.77 bits per heavy atom. The number of benzene rings is 1. The lowest BCUT2D eigenvalue weighted by Crippen LogP contribution is -2.53. The number of ether oxygens (including phenoxy) is 1. The van der Waals surface area contributed by atoms with E-state index in [1.54, 1.807) is 0 Å². The van der Waals surface area contributed by atoms with E-state index in [0.717, 1.165) is 11.1 Å². The Balaban J connectivity index is 1.73. The molecule has 1 heterocycles. The summed E-state index contributed by atoms with van der Waals surface area (Å²) < 4.78 is 6.39. The van der Waals surface area contributed by atoms with Crippen molar-refractivity contribution in [1.82, 2.24) is 5.32 Å². The SMILES string of the molecule is CC[C@H]1C[C@@H]2SC(=NC)N[C@@H]2[C@@H](OCc2ccccc2)[C@@H]1C. The highest BCUT2D eigenvalue weighted by atomic mass is 32.2. The van der Waals surface area contributed by atoms with Crippen LogP contribution in [0.4, 0.5) is 0 Å². The van der Waals surface area contributed by atoms with Crippen LogP contribution in [-0.2, 0) is 11.3 Å². The van der Waals surface area contributed by atoms with Crippen molar-refractivity contribution in [2.45, 2.75) is 50.7 Å². The zero-order chi connectivity index (χ0) is 15.5. The molecule has 3 rings (SSSR count). The van der Waals surface area contributed by atoms with E-state index in [0.29, 0.717) is 23.8 Å². The predicted octanol–water partition coefficient (Wildman–Crippen LogP) is 3.70. The first-order chi connectivity index (χ1) is 10.7. The van der Waals surface area contributed by atoms with Crippen LogP contribution in [0.3, 0.4) is 0 Å². The van der Waals surface area contributed by atoms with Gasteiger partial charge in [0.25, 0.3) is 0 Å². The molecule has 120 valence electrons. The van der Waals surface area contributed by atoms with Gasteiger partial charge in [-0.05, 0) is 23.8 Å². The van der Waals surface area contributed by atoms with Gasteiger partial charge >= 0.3 is 0 Å². The largest absolute Gasteiger partial charge is 0.371 e. The van der Waals surface area contributed by atoms with Gasteiger partial charge < -0.3 is 10.1 Å². The molecule has 1 aliphatic heterocycles. The number of thioether (sulfide) groups is 1. The van der Waals surface area contributed by atoms with E-state index < -0.39 is 0 Å². The summed E-state index contributed by atoms with van der Waals surface area (Å²) in [6, 6.07) is 10.9. The second-order valence-corrected chi connectivity index (χ2v) is 7.61. The molecular formula is C18H26N2OS. The summed E-state index contributed by atoms with van der Waals surface area (Å²) in [5, 5.41) is 5.27. The van der Waals surface area contributed by atoms with Crippen LogP contribution in [-0.4, -0.2) is 29.6 Å². The topological polar surface area (TPSA) is 33.6 Å². The lowest BCUT2D eigenvalue weighted by Gasteiger charge is -2.42. The third-order valence-electron chi connectivity index (χ3n) is 5.12. The van der Waals surface area contributed by atoms with Crippen molar-refractivity contribution in [3.8, 4) is 0 Å². The minimum absolute atomic E-state index is 0.260. The Morgan fingerprint density at radius 1 is 1.32 bits per heavy atom. The van der Waals surface area contributed by atoms with Gasteiger partial charge in [0.05, 0.1) is 18.8 Å². The molecule has 2 fully saturated rings. The van der Waals surface area contributed by atoms with E-state index in [2.05, 4.69) is 54.5 Å². The molecule has 1 saturated carbocycles. The number of rotatable bonds is 4. The van der Waals surface area contributed by atoms with Gasteiger partial charge in [-0.3, -0.25) is 4.99 Å². The maximum atomic E-state index is 6.39. The van der Waals surface area contributed by atoms with Crippen LogP contribution in [0.2, 0.25) is 0 Å². The van der Waals surface area contributed by atoms with Crippen LogP contribution in [0, 0.1) is 11.8 Å². The number of hydrogen-bond donors (Lipinski definition) is 1. The Morgan fingerprint density at radius 2 is 2.09 bits per heavy atom. The molecule has 0 unspecified atom stereocenters. The summed E-state index contributed by atoms with van der Waals surface area (Å²) in [4.78, 5) is 4.35. The summed E-state index contributed by atoms with van der Waals surface area (Å²) in [6.07, 6.45) is 2.76. The highest BCUT2D eigenvalue weighted by Crippen LogP contribution is 2.43. The highest BCUT2D eigenvalue weighted by molar-refractivity contribution is 8.14. The molecule has 0 radical (unpaired) electrons. The lowest BCUT2D eigenvalue weighted by atomic mass is 9.74. The molecule has 0 bridgehead atoms. The first-order valence-electron chi connectivity index (χ1n) is 8.28. The maximum absolute atomic E-state index is 6.39. The van der Waals surface area contributed by atoms with E-state index in [1.807, 2.05) is 18.8 Å². The van der Waals surface area contributed by atoms with Crippen LogP contribution in [0.1, 0.15) is 32.3 Å². The zero-order valence-corrected chi connectivity index (χ0v) is 14.5. The van der Waals surface area contributed by atoms with Gasteiger partial charge in [0.2, 0.25) is 0 Å². The minimum Gasteiger partial charge on any atom is -0.371 e. The summed E-state index contributed by atoms with van der Waals surface area (Å²) in [7, 11) is 1.87. The molecule has 1 aromatic rings. The van der Waals surface area contributed by atoms with Crippen LogP contribution >= 0.6 is 11.8 Å². The number of fused-ring (bicyclic) bond motifs is 1. The van der Waals surface area contributed by atoms with E-state index in [9.17, 15) is 0 Å². The van der Waals surface area contributed by atoms with Crippen molar-refractivity contribution in [3.05, 3.63) is 35.9 Å². The first kappa shape index (κ1) is 15.9. The molecule has 2 aliphatic rings. The van der Waals surface area contributed by atoms with Crippen LogP contribution in [0.5, 0.6) is 0 Å². The average molecular weight is 318 g/mol. The van der Waals surface area contributed by atoms with Gasteiger partial charge in [0.1, 0.15) is 0 Å². The molecule has 1 aromatic carbocycles. The smallest absolute Gasteiger partial charge is 0.156 e. The minimum atomic E-state index is 0.260. The predicted molar refractivity (Wildman–Crippen MR) is 94.2 cm³/mol. The van der Waals surface area contributed by atoms with E-state index >= 15 is 0 Å². The molecule has 4 heteroatoms. The Labute approximate surface area is 137 Å². The molecule has 1 saturated heterocycles. The Hall–Kier alpha value is -1.00. The van der Waals surface area contributed by atoms with Crippen molar-refractivity contribution in [3.63, 3.8) is 0 Å². The van der Waals surface area contributed by atoms with Gasteiger partial charge in [-0.1, -0.05) is 62.4 Å². The van der Waals surface area contributed by atoms with E-state index in [-0.39, 0.29) is 6.10 Å². The van der Waals surface area contributed by atoms with Crippen molar-refractivity contribution < 1.29 is 4.74 Å². The zero-order valence-electron chi connectivity index (χ0n) is 13.7. The lowest BCUT2D eigenvalue weighted by molar-refractivity contribution is -0.0496. The molecule has 0 spiro atoms. The van der Waals surface area contributed by atoms with Gasteiger partial charge in [-0.25, -0.2) is 0 Å². The quantitative estimate of drug-likeness (QED) is 0.919. The Kier molecular flexibility index (Phi) is 5.09. The molecule has 1 N–H and O–H groups in total. The first-order valence-corrected chi connectivity index (χ1v) is 9.16. The van der Waals surface area contributed by atoms with Crippen molar-refractivity contribution >= 4 is 16.9 Å². The van der Waals surface area contributed by atoms with Gasteiger partial charge in [-0.2, -0.15) is 0 Å². The molecular weight excluding hydrogens is 292 g/mol. The molecule has 0 aromatic heterocycles. The fourth-order valence-electron chi connectivity index (χ4n) is 3.76. The van der Waals surface area contributed by atoms with Gasteiger partial charge in [0, 0.05) is 12.3 Å². The third kappa shape index (κ3) is 3.18. The van der Waals surface area contributed by atoms with Crippen molar-refractivity contribution in [1.29, 1.82) is 0 Å². The Bertz CT molecular complexity index is 519. The third-order valence-corrected chi connectivity index (χ3v) is 6.43. The van der Waals surface area contributed by atoms with Gasteiger partial charge in [0.15, 0.2) is 5.17 Å². The second kappa shape index (κ2) is 7.05. The van der Waals surface area contributed by atoms with Crippen molar-refractivity contribution in [2.24, 2.45) is 16.8 Å². The molecule has 3 nitrogen and oxygen atoms in total. The van der Waals surface area contributed by atoms with Crippen LogP contribution < -0.4 is 5.32 Å². The van der Waals surface area contributed by atoms with Crippen LogP contribution in [0.25, 0.3) is 0 Å². The van der Waals surface area contributed by atoms with Crippen molar-refractivity contribution in [2.75, 3.05) is 7.05 Å². The van der Waals surface area contributed by atoms with E-state index in [1.165, 1.54) is 18.4 Å². The highest BCUT2D eigenvalue weighted by Gasteiger charge is 2.47. The van der Waals surface area contributed by atoms with Gasteiger partial charge in [-0.15, -0.1) is 0 Å². The number of nitrogens with one attached hydrogen (secondary N) is 1. The maximum Gasteiger partial charge on any atom is 0.156 e. The molecule has 1 aliphatic carbocycles. The standard InChI is InChI=1S/C18H26N2OS/c1-4-14-10-15-16(20-18(19-3)22-15)17(12(14)2)21-11-13-8-6-5-7-9-13/h5-9,12,14-17H,4,10-11H2,1-3H3,(H,19,20)/t12-,14+,15+,16+,17+/m1/s1. The van der Waals surface area contributed by atoms with E-state index in [4.69, 9.17) is 4.74 Å². The fraction of sp³-hybridized carbons (Fsp3) is 0.611. The number of nitrogens with zero attached hydrogens (tertiary/aromatic N) is 1. The van der Waals surface area contributed by atoms with Crippen LogP contribution in [0.15, 0.2) is 35.3 Å². The summed E-state index contributed by atoms with van der Waals surface area (Å²) in [5.74, 6) is 1.33. The fourth-order valence-corrected chi connectivity index (χ4v) is 5.07. The normalized spacial score (nSPS) is 36.1. The monoisotopic (exact) mass is 318 g/mol. The molecule has 0 amide bonds. The second-order valence-electron chi connectivity index (χ2n) is 6.38. The number of aliphatic imine (C=N–C) groups is 1. The number of hydrogen-bond acceptors (Lipinski definition) is 3. The summed E-state index contributed by atoms with van der Waals surface area (Å²) in [6.45, 7) is 5.35. The average Bonchev–Trinajstić information content (AvgIpc) is 2.97. The summed E-state index contributed by atoms with van der Waals surface area (Å²) in [5.41, 5.74) is 1.25. The molecule has 22 heavy (non-hydrogen) atoms. The number of amidine groups is 1. The summed E-state index contributed by atoms with van der Waals surface area (Å²) >= 11 is 1.90. The molecule has 5 atom stereocenters.